The lowest BCUT2D eigenvalue weighted by Gasteiger charge is -2.21. The second-order valence-corrected chi connectivity index (χ2v) is 6.12. The molecule has 1 aromatic rings. The number of methoxy groups -OCH3 is 1. The van der Waals surface area contributed by atoms with Crippen LogP contribution in [0.25, 0.3) is 0 Å². The van der Waals surface area contributed by atoms with Crippen LogP contribution >= 0.6 is 0 Å². The van der Waals surface area contributed by atoms with Crippen molar-refractivity contribution in [1.29, 1.82) is 0 Å². The number of carbonyl (C=O) groups is 1. The molecule has 1 atom stereocenters. The molecule has 106 valence electrons. The molecule has 1 unspecified atom stereocenters. The highest BCUT2D eigenvalue weighted by molar-refractivity contribution is 7.89. The van der Waals surface area contributed by atoms with Crippen molar-refractivity contribution in [3.8, 4) is 0 Å². The van der Waals surface area contributed by atoms with E-state index < -0.39 is 16.0 Å². The number of nitrogens with zero attached hydrogens (tertiary/aromatic N) is 1. The molecule has 8 heteroatoms. The summed E-state index contributed by atoms with van der Waals surface area (Å²) in [5, 5.41) is -0.256. The van der Waals surface area contributed by atoms with Gasteiger partial charge in [0.25, 0.3) is 10.0 Å². The molecule has 7 nitrogen and oxygen atoms in total. The van der Waals surface area contributed by atoms with Crippen LogP contribution in [-0.4, -0.2) is 44.9 Å². The molecule has 0 bridgehead atoms. The number of sulfonamides is 1. The molecule has 0 spiro atoms. The summed E-state index contributed by atoms with van der Waals surface area (Å²) < 4.78 is 35.5. The first-order valence-electron chi connectivity index (χ1n) is 5.89. The molecule has 1 aromatic heterocycles. The minimum Gasteiger partial charge on any atom is -0.465 e. The average Bonchev–Trinajstić information content (AvgIpc) is 3.06. The summed E-state index contributed by atoms with van der Waals surface area (Å²) in [6, 6.07) is 0.962. The van der Waals surface area contributed by atoms with Crippen molar-refractivity contribution in [2.75, 3.05) is 20.2 Å². The number of hydrogen-bond donors (Lipinski definition) is 1. The maximum Gasteiger partial charge on any atom is 0.341 e. The largest absolute Gasteiger partial charge is 0.465 e. The zero-order valence-electron chi connectivity index (χ0n) is 10.5. The van der Waals surface area contributed by atoms with E-state index in [0.29, 0.717) is 6.54 Å². The van der Waals surface area contributed by atoms with E-state index in [1.54, 1.807) is 0 Å². The number of esters is 1. The van der Waals surface area contributed by atoms with Crippen LogP contribution < -0.4 is 5.73 Å². The Balaban J connectivity index is 2.29. The third kappa shape index (κ3) is 2.51. The third-order valence-electron chi connectivity index (χ3n) is 3.15. The Morgan fingerprint density at radius 3 is 3.00 bits per heavy atom. The second-order valence-electron chi connectivity index (χ2n) is 4.29. The summed E-state index contributed by atoms with van der Waals surface area (Å²) in [5.41, 5.74) is 5.64. The average molecular weight is 288 g/mol. The van der Waals surface area contributed by atoms with Gasteiger partial charge in [-0.1, -0.05) is 0 Å². The summed E-state index contributed by atoms with van der Waals surface area (Å²) >= 11 is 0. The van der Waals surface area contributed by atoms with E-state index in [0.717, 1.165) is 19.1 Å². The quantitative estimate of drug-likeness (QED) is 0.793. The van der Waals surface area contributed by atoms with Crippen LogP contribution in [0.15, 0.2) is 21.8 Å². The Morgan fingerprint density at radius 1 is 1.63 bits per heavy atom. The minimum absolute atomic E-state index is 0.0737. The van der Waals surface area contributed by atoms with Crippen molar-refractivity contribution in [2.45, 2.75) is 24.0 Å². The maximum atomic E-state index is 12.4. The van der Waals surface area contributed by atoms with Gasteiger partial charge in [-0.15, -0.1) is 0 Å². The van der Waals surface area contributed by atoms with Crippen molar-refractivity contribution in [3.63, 3.8) is 0 Å². The summed E-state index contributed by atoms with van der Waals surface area (Å²) in [5.74, 6) is -0.637. The molecule has 1 saturated heterocycles. The Morgan fingerprint density at radius 2 is 2.37 bits per heavy atom. The standard InChI is InChI=1S/C11H16N2O5S/c1-17-11(14)8-5-10(18-7-8)19(15,16)13-4-2-3-9(13)6-12/h5,7,9H,2-4,6,12H2,1H3. The number of furan rings is 1. The van der Waals surface area contributed by atoms with Crippen LogP contribution in [-0.2, 0) is 14.8 Å². The summed E-state index contributed by atoms with van der Waals surface area (Å²) in [4.78, 5) is 11.3. The van der Waals surface area contributed by atoms with E-state index in [4.69, 9.17) is 10.2 Å². The molecule has 19 heavy (non-hydrogen) atoms. The van der Waals surface area contributed by atoms with Gasteiger partial charge < -0.3 is 14.9 Å². The molecular weight excluding hydrogens is 272 g/mol. The lowest BCUT2D eigenvalue weighted by Crippen LogP contribution is -2.39. The van der Waals surface area contributed by atoms with Gasteiger partial charge in [-0.2, -0.15) is 4.31 Å². The Kier molecular flexibility index (Phi) is 3.93. The third-order valence-corrected chi connectivity index (χ3v) is 4.98. The number of carbonyl (C=O) groups excluding carboxylic acids is 1. The van der Waals surface area contributed by atoms with Crippen LogP contribution in [0.5, 0.6) is 0 Å². The van der Waals surface area contributed by atoms with Crippen molar-refractivity contribution in [2.24, 2.45) is 5.73 Å². The van der Waals surface area contributed by atoms with Crippen LogP contribution in [0.4, 0.5) is 0 Å². The highest BCUT2D eigenvalue weighted by Crippen LogP contribution is 2.26. The van der Waals surface area contributed by atoms with E-state index in [9.17, 15) is 13.2 Å². The van der Waals surface area contributed by atoms with Crippen LogP contribution in [0, 0.1) is 0 Å². The molecule has 2 N–H and O–H groups in total. The van der Waals surface area contributed by atoms with E-state index >= 15 is 0 Å². The summed E-state index contributed by atoms with van der Waals surface area (Å²) in [6.07, 6.45) is 2.58. The normalized spacial score (nSPS) is 20.6. The monoisotopic (exact) mass is 288 g/mol. The first-order valence-corrected chi connectivity index (χ1v) is 7.33. The molecule has 0 amide bonds. The predicted molar refractivity (Wildman–Crippen MR) is 66.0 cm³/mol. The van der Waals surface area contributed by atoms with Gasteiger partial charge in [0.15, 0.2) is 0 Å². The Hall–Kier alpha value is -1.38. The lowest BCUT2D eigenvalue weighted by atomic mass is 10.2. The SMILES string of the molecule is COC(=O)c1coc(S(=O)(=O)N2CCCC2CN)c1. The van der Waals surface area contributed by atoms with Gasteiger partial charge >= 0.3 is 5.97 Å². The zero-order chi connectivity index (χ0) is 14.0. The maximum absolute atomic E-state index is 12.4. The van der Waals surface area contributed by atoms with E-state index in [1.165, 1.54) is 17.5 Å². The molecule has 1 aliphatic rings. The first kappa shape index (κ1) is 14.0. The van der Waals surface area contributed by atoms with Gasteiger partial charge in [0.2, 0.25) is 5.09 Å². The molecule has 0 aliphatic carbocycles. The fourth-order valence-electron chi connectivity index (χ4n) is 2.15. The molecule has 0 saturated carbocycles. The van der Waals surface area contributed by atoms with E-state index in [2.05, 4.69) is 4.74 Å². The molecule has 2 heterocycles. The van der Waals surface area contributed by atoms with Crippen molar-refractivity contribution in [1.82, 2.24) is 4.31 Å². The zero-order valence-corrected chi connectivity index (χ0v) is 11.4. The topological polar surface area (TPSA) is 103 Å². The van der Waals surface area contributed by atoms with Gasteiger partial charge in [-0.25, -0.2) is 13.2 Å². The van der Waals surface area contributed by atoms with Crippen LogP contribution in [0.2, 0.25) is 0 Å². The Labute approximate surface area is 111 Å². The van der Waals surface area contributed by atoms with Crippen molar-refractivity contribution in [3.05, 3.63) is 17.9 Å². The van der Waals surface area contributed by atoms with Crippen LogP contribution in [0.3, 0.4) is 0 Å². The van der Waals surface area contributed by atoms with Gasteiger partial charge in [-0.3, -0.25) is 0 Å². The molecule has 1 aliphatic heterocycles. The molecule has 0 radical (unpaired) electrons. The molecule has 1 fully saturated rings. The number of hydrogen-bond acceptors (Lipinski definition) is 6. The van der Waals surface area contributed by atoms with Gasteiger partial charge in [0, 0.05) is 25.2 Å². The highest BCUT2D eigenvalue weighted by atomic mass is 32.2. The Bertz CT molecular complexity index is 565. The molecule has 2 rings (SSSR count). The summed E-state index contributed by atoms with van der Waals surface area (Å²) in [7, 11) is -2.53. The van der Waals surface area contributed by atoms with E-state index in [-0.39, 0.29) is 23.2 Å². The van der Waals surface area contributed by atoms with Gasteiger partial charge in [0.1, 0.15) is 6.26 Å². The smallest absolute Gasteiger partial charge is 0.341 e. The van der Waals surface area contributed by atoms with Crippen molar-refractivity contribution < 1.29 is 22.4 Å². The summed E-state index contributed by atoms with van der Waals surface area (Å²) in [6.45, 7) is 0.683. The number of rotatable bonds is 4. The second kappa shape index (κ2) is 5.32. The predicted octanol–water partition coefficient (Wildman–Crippen LogP) is 0.178. The van der Waals surface area contributed by atoms with Gasteiger partial charge in [-0.05, 0) is 12.8 Å². The van der Waals surface area contributed by atoms with Crippen LogP contribution in [0.1, 0.15) is 23.2 Å². The number of ether oxygens (including phenoxy) is 1. The number of nitrogens with two attached hydrogens (primary N) is 1. The first-order chi connectivity index (χ1) is 9.00. The van der Waals surface area contributed by atoms with Crippen molar-refractivity contribution >= 4 is 16.0 Å². The fraction of sp³-hybridized carbons (Fsp3) is 0.545. The van der Waals surface area contributed by atoms with Gasteiger partial charge in [0.05, 0.1) is 12.7 Å². The molecule has 0 aromatic carbocycles. The minimum atomic E-state index is -3.74. The highest BCUT2D eigenvalue weighted by Gasteiger charge is 2.36. The fourth-order valence-corrected chi connectivity index (χ4v) is 3.78. The lowest BCUT2D eigenvalue weighted by molar-refractivity contribution is 0.0600. The van der Waals surface area contributed by atoms with E-state index in [1.807, 2.05) is 0 Å². The molecular formula is C11H16N2O5S.